The molecule has 3 rings (SSSR count). The number of carboxylic acid groups (broad SMARTS) is 1. The number of ether oxygens (including phenoxy) is 1. The van der Waals surface area contributed by atoms with E-state index in [1.807, 2.05) is 25.1 Å². The van der Waals surface area contributed by atoms with Crippen molar-refractivity contribution >= 4 is 5.97 Å². The Morgan fingerprint density at radius 3 is 3.17 bits per heavy atom. The zero-order chi connectivity index (χ0) is 12.7. The molecule has 0 fully saturated rings. The standard InChI is InChI=1S/C13H12N2O3/c1-7-4-9-5-8(2-3-11(9)18-7)12-10(13(16)17)6-14-15-12/h2-3,5-7H,4H2,1H3,(H,14,15)(H,16,17). The molecule has 1 atom stereocenters. The number of nitrogens with one attached hydrogen (secondary N) is 1. The van der Waals surface area contributed by atoms with E-state index in [4.69, 9.17) is 9.84 Å². The number of carboxylic acids is 1. The SMILES string of the molecule is CC1Cc2cc(-c3[nH]ncc3C(=O)O)ccc2O1. The van der Waals surface area contributed by atoms with E-state index in [2.05, 4.69) is 10.2 Å². The maximum Gasteiger partial charge on any atom is 0.339 e. The molecule has 18 heavy (non-hydrogen) atoms. The molecular weight excluding hydrogens is 232 g/mol. The van der Waals surface area contributed by atoms with Crippen molar-refractivity contribution in [3.05, 3.63) is 35.5 Å². The van der Waals surface area contributed by atoms with E-state index in [9.17, 15) is 4.79 Å². The van der Waals surface area contributed by atoms with Crippen molar-refractivity contribution in [2.75, 3.05) is 0 Å². The largest absolute Gasteiger partial charge is 0.490 e. The summed E-state index contributed by atoms with van der Waals surface area (Å²) in [7, 11) is 0. The lowest BCUT2D eigenvalue weighted by molar-refractivity contribution is 0.0698. The van der Waals surface area contributed by atoms with Crippen LogP contribution in [0.5, 0.6) is 5.75 Å². The van der Waals surface area contributed by atoms with E-state index >= 15 is 0 Å². The van der Waals surface area contributed by atoms with Crippen LogP contribution < -0.4 is 4.74 Å². The highest BCUT2D eigenvalue weighted by Gasteiger charge is 2.21. The second kappa shape index (κ2) is 3.87. The third-order valence-corrected chi connectivity index (χ3v) is 3.05. The molecule has 0 amide bonds. The predicted molar refractivity (Wildman–Crippen MR) is 64.8 cm³/mol. The Kier molecular flexibility index (Phi) is 2.33. The number of rotatable bonds is 2. The van der Waals surface area contributed by atoms with Crippen LogP contribution >= 0.6 is 0 Å². The Labute approximate surface area is 103 Å². The summed E-state index contributed by atoms with van der Waals surface area (Å²) in [6, 6.07) is 5.68. The minimum absolute atomic E-state index is 0.177. The van der Waals surface area contributed by atoms with Crippen molar-refractivity contribution in [3.8, 4) is 17.0 Å². The van der Waals surface area contributed by atoms with Crippen LogP contribution in [0.2, 0.25) is 0 Å². The van der Waals surface area contributed by atoms with Gasteiger partial charge in [0.2, 0.25) is 0 Å². The molecule has 1 aromatic heterocycles. The molecule has 2 N–H and O–H groups in total. The van der Waals surface area contributed by atoms with Crippen molar-refractivity contribution in [1.29, 1.82) is 0 Å². The molecule has 0 spiro atoms. The molecule has 0 aliphatic carbocycles. The molecule has 0 saturated carbocycles. The van der Waals surface area contributed by atoms with Crippen LogP contribution in [0.1, 0.15) is 22.8 Å². The van der Waals surface area contributed by atoms with Crippen LogP contribution in [-0.2, 0) is 6.42 Å². The van der Waals surface area contributed by atoms with E-state index in [1.54, 1.807) is 0 Å². The molecule has 5 heteroatoms. The second-order valence-electron chi connectivity index (χ2n) is 4.42. The number of aromatic amines is 1. The fourth-order valence-corrected chi connectivity index (χ4v) is 2.25. The number of nitrogens with zero attached hydrogens (tertiary/aromatic N) is 1. The number of aromatic carboxylic acids is 1. The highest BCUT2D eigenvalue weighted by molar-refractivity contribution is 5.94. The minimum Gasteiger partial charge on any atom is -0.490 e. The molecule has 5 nitrogen and oxygen atoms in total. The highest BCUT2D eigenvalue weighted by Crippen LogP contribution is 2.33. The van der Waals surface area contributed by atoms with Crippen LogP contribution in [0.4, 0.5) is 0 Å². The summed E-state index contributed by atoms with van der Waals surface area (Å²) in [4.78, 5) is 11.1. The van der Waals surface area contributed by atoms with Gasteiger partial charge in [0.1, 0.15) is 17.4 Å². The number of carbonyl (C=O) groups is 1. The number of H-pyrrole nitrogens is 1. The molecule has 2 aromatic rings. The van der Waals surface area contributed by atoms with Gasteiger partial charge in [0, 0.05) is 12.0 Å². The van der Waals surface area contributed by atoms with Crippen LogP contribution in [0.25, 0.3) is 11.3 Å². The van der Waals surface area contributed by atoms with Crippen LogP contribution in [0.15, 0.2) is 24.4 Å². The summed E-state index contributed by atoms with van der Waals surface area (Å²) in [6.07, 6.45) is 2.35. The number of fused-ring (bicyclic) bond motifs is 1. The van der Waals surface area contributed by atoms with Gasteiger partial charge in [0.05, 0.1) is 11.9 Å². The van der Waals surface area contributed by atoms with Gasteiger partial charge in [-0.25, -0.2) is 4.79 Å². The molecule has 1 aliphatic heterocycles. The zero-order valence-corrected chi connectivity index (χ0v) is 9.80. The fourth-order valence-electron chi connectivity index (χ4n) is 2.25. The average Bonchev–Trinajstić information content (AvgIpc) is 2.91. The lowest BCUT2D eigenvalue weighted by Gasteiger charge is -2.03. The zero-order valence-electron chi connectivity index (χ0n) is 9.80. The number of benzene rings is 1. The average molecular weight is 244 g/mol. The topological polar surface area (TPSA) is 75.2 Å². The van der Waals surface area contributed by atoms with Crippen LogP contribution in [0, 0.1) is 0 Å². The van der Waals surface area contributed by atoms with E-state index < -0.39 is 5.97 Å². The predicted octanol–water partition coefficient (Wildman–Crippen LogP) is 2.10. The summed E-state index contributed by atoms with van der Waals surface area (Å²) in [5, 5.41) is 15.6. The van der Waals surface area contributed by atoms with Gasteiger partial charge in [-0.2, -0.15) is 5.10 Å². The number of hydrogen-bond donors (Lipinski definition) is 2. The maximum absolute atomic E-state index is 11.1. The number of aromatic nitrogens is 2. The highest BCUT2D eigenvalue weighted by atomic mass is 16.5. The van der Waals surface area contributed by atoms with Gasteiger partial charge in [-0.15, -0.1) is 0 Å². The van der Waals surface area contributed by atoms with Gasteiger partial charge < -0.3 is 9.84 Å². The fraction of sp³-hybridized carbons (Fsp3) is 0.231. The van der Waals surface area contributed by atoms with E-state index in [-0.39, 0.29) is 11.7 Å². The molecule has 1 unspecified atom stereocenters. The van der Waals surface area contributed by atoms with Crippen molar-refractivity contribution < 1.29 is 14.6 Å². The second-order valence-corrected chi connectivity index (χ2v) is 4.42. The van der Waals surface area contributed by atoms with Gasteiger partial charge >= 0.3 is 5.97 Å². The quantitative estimate of drug-likeness (QED) is 0.848. The van der Waals surface area contributed by atoms with E-state index in [0.717, 1.165) is 23.3 Å². The van der Waals surface area contributed by atoms with Gasteiger partial charge in [0.15, 0.2) is 0 Å². The molecule has 2 heterocycles. The summed E-state index contributed by atoms with van der Waals surface area (Å²) in [5.41, 5.74) is 2.64. The Hall–Kier alpha value is -2.30. The molecular formula is C13H12N2O3. The first kappa shape index (κ1) is 10.8. The lowest BCUT2D eigenvalue weighted by Crippen LogP contribution is -2.05. The first-order valence-electron chi connectivity index (χ1n) is 5.72. The lowest BCUT2D eigenvalue weighted by atomic mass is 10.0. The molecule has 1 aliphatic rings. The van der Waals surface area contributed by atoms with Crippen molar-refractivity contribution in [2.45, 2.75) is 19.4 Å². The summed E-state index contributed by atoms with van der Waals surface area (Å²) in [5.74, 6) is -0.105. The third-order valence-electron chi connectivity index (χ3n) is 3.05. The summed E-state index contributed by atoms with van der Waals surface area (Å²) >= 11 is 0. The first-order valence-corrected chi connectivity index (χ1v) is 5.72. The van der Waals surface area contributed by atoms with E-state index in [0.29, 0.717) is 5.69 Å². The molecule has 0 bridgehead atoms. The normalized spacial score (nSPS) is 17.3. The maximum atomic E-state index is 11.1. The molecule has 92 valence electrons. The van der Waals surface area contributed by atoms with Gasteiger partial charge in [-0.1, -0.05) is 0 Å². The summed E-state index contributed by atoms with van der Waals surface area (Å²) < 4.78 is 5.61. The Bertz CT molecular complexity index is 618. The van der Waals surface area contributed by atoms with Crippen molar-refractivity contribution in [2.24, 2.45) is 0 Å². The Morgan fingerprint density at radius 2 is 2.39 bits per heavy atom. The Morgan fingerprint density at radius 1 is 1.56 bits per heavy atom. The van der Waals surface area contributed by atoms with Crippen LogP contribution in [-0.4, -0.2) is 27.4 Å². The van der Waals surface area contributed by atoms with Crippen LogP contribution in [0.3, 0.4) is 0 Å². The van der Waals surface area contributed by atoms with E-state index in [1.165, 1.54) is 6.20 Å². The van der Waals surface area contributed by atoms with Crippen molar-refractivity contribution in [1.82, 2.24) is 10.2 Å². The summed E-state index contributed by atoms with van der Waals surface area (Å²) in [6.45, 7) is 2.01. The smallest absolute Gasteiger partial charge is 0.339 e. The number of hydrogen-bond acceptors (Lipinski definition) is 3. The third kappa shape index (κ3) is 1.64. The van der Waals surface area contributed by atoms with Gasteiger partial charge in [0.25, 0.3) is 0 Å². The van der Waals surface area contributed by atoms with Gasteiger partial charge in [-0.05, 0) is 30.7 Å². The molecule has 0 radical (unpaired) electrons. The molecule has 1 aromatic carbocycles. The Balaban J connectivity index is 2.06. The van der Waals surface area contributed by atoms with Crippen molar-refractivity contribution in [3.63, 3.8) is 0 Å². The molecule has 0 saturated heterocycles. The first-order chi connectivity index (χ1) is 8.65. The minimum atomic E-state index is -0.983. The van der Waals surface area contributed by atoms with Gasteiger partial charge in [-0.3, -0.25) is 5.10 Å². The monoisotopic (exact) mass is 244 g/mol.